The molecule has 4 heteroatoms. The van der Waals surface area contributed by atoms with Crippen molar-refractivity contribution in [2.75, 3.05) is 34.3 Å². The number of hydrogen-bond donors (Lipinski definition) is 1. The molecule has 0 saturated carbocycles. The smallest absolute Gasteiger partial charge is 0.127 e. The van der Waals surface area contributed by atoms with E-state index < -0.39 is 0 Å². The molecule has 33 heavy (non-hydrogen) atoms. The molecule has 1 N–H and O–H groups in total. The summed E-state index contributed by atoms with van der Waals surface area (Å²) in [6, 6.07) is 8.78. The number of phenolic OH excluding ortho intramolecular Hbond substituents is 1. The van der Waals surface area contributed by atoms with Crippen LogP contribution in [-0.4, -0.2) is 49.2 Å². The summed E-state index contributed by atoms with van der Waals surface area (Å²) in [5.41, 5.74) is 6.88. The Balaban J connectivity index is 2.56. The Kier molecular flexibility index (Phi) is 8.64. The first-order chi connectivity index (χ1) is 15.1. The second-order valence-corrected chi connectivity index (χ2v) is 11.8. The van der Waals surface area contributed by atoms with Gasteiger partial charge in [-0.25, -0.2) is 0 Å². The lowest BCUT2D eigenvalue weighted by Crippen LogP contribution is -2.31. The molecule has 0 saturated heterocycles. The van der Waals surface area contributed by atoms with Gasteiger partial charge in [-0.15, -0.1) is 0 Å². The maximum atomic E-state index is 10.8. The SMILES string of the molecule is COc1c(CN(CCN(C)C)Cc2cc(C)cc(C)c2O)cc(C(C)(C)C)cc1C(C)(C)C. The predicted octanol–water partition coefficient (Wildman–Crippen LogP) is 6.18. The number of aryl methyl sites for hydroxylation is 2. The van der Waals surface area contributed by atoms with E-state index in [1.54, 1.807) is 7.11 Å². The molecule has 0 bridgehead atoms. The van der Waals surface area contributed by atoms with Gasteiger partial charge in [0.05, 0.1) is 7.11 Å². The normalized spacial score (nSPS) is 12.6. The number of likely N-dealkylation sites (N-methyl/N-ethyl adjacent to an activating group) is 1. The average molecular weight is 455 g/mol. The molecule has 2 aromatic rings. The van der Waals surface area contributed by atoms with Gasteiger partial charge in [0.15, 0.2) is 0 Å². The van der Waals surface area contributed by atoms with Gasteiger partial charge in [0.2, 0.25) is 0 Å². The Bertz CT molecular complexity index is 950. The zero-order valence-corrected chi connectivity index (χ0v) is 22.9. The molecular formula is C29H46N2O2. The summed E-state index contributed by atoms with van der Waals surface area (Å²) >= 11 is 0. The van der Waals surface area contributed by atoms with Crippen molar-refractivity contribution >= 4 is 0 Å². The van der Waals surface area contributed by atoms with Crippen LogP contribution in [0.4, 0.5) is 0 Å². The highest BCUT2D eigenvalue weighted by Gasteiger charge is 2.26. The van der Waals surface area contributed by atoms with Crippen LogP contribution in [0.15, 0.2) is 24.3 Å². The molecule has 0 heterocycles. The molecule has 4 nitrogen and oxygen atoms in total. The van der Waals surface area contributed by atoms with Gasteiger partial charge in [0, 0.05) is 42.9 Å². The van der Waals surface area contributed by atoms with Crippen LogP contribution < -0.4 is 4.74 Å². The van der Waals surface area contributed by atoms with E-state index in [2.05, 4.69) is 90.6 Å². The third-order valence-electron chi connectivity index (χ3n) is 6.22. The van der Waals surface area contributed by atoms with Gasteiger partial charge in [0.1, 0.15) is 11.5 Å². The number of ether oxygens (including phenoxy) is 1. The molecule has 0 amide bonds. The summed E-state index contributed by atoms with van der Waals surface area (Å²) in [6.45, 7) is 20.9. The van der Waals surface area contributed by atoms with E-state index in [1.165, 1.54) is 22.3 Å². The first kappa shape index (κ1) is 27.2. The van der Waals surface area contributed by atoms with Crippen LogP contribution >= 0.6 is 0 Å². The fourth-order valence-corrected chi connectivity index (χ4v) is 4.24. The molecule has 0 atom stereocenters. The third kappa shape index (κ3) is 7.22. The minimum absolute atomic E-state index is 0.0260. The van der Waals surface area contributed by atoms with Gasteiger partial charge in [-0.1, -0.05) is 71.4 Å². The molecule has 0 aromatic heterocycles. The van der Waals surface area contributed by atoms with Gasteiger partial charge in [-0.3, -0.25) is 4.90 Å². The van der Waals surface area contributed by atoms with E-state index in [4.69, 9.17) is 4.74 Å². The summed E-state index contributed by atoms with van der Waals surface area (Å²) in [5, 5.41) is 10.8. The maximum absolute atomic E-state index is 10.8. The van der Waals surface area contributed by atoms with E-state index in [0.717, 1.165) is 36.5 Å². The molecule has 0 fully saturated rings. The van der Waals surface area contributed by atoms with Gasteiger partial charge in [0.25, 0.3) is 0 Å². The van der Waals surface area contributed by atoms with Crippen molar-refractivity contribution < 1.29 is 9.84 Å². The number of rotatable bonds is 8. The molecule has 2 aromatic carbocycles. The minimum Gasteiger partial charge on any atom is -0.507 e. The zero-order chi connectivity index (χ0) is 25.1. The van der Waals surface area contributed by atoms with Crippen molar-refractivity contribution in [1.29, 1.82) is 0 Å². The third-order valence-corrected chi connectivity index (χ3v) is 6.22. The molecule has 2 rings (SSSR count). The van der Waals surface area contributed by atoms with Crippen LogP contribution in [-0.2, 0) is 23.9 Å². The van der Waals surface area contributed by atoms with E-state index in [-0.39, 0.29) is 10.8 Å². The summed E-state index contributed by atoms with van der Waals surface area (Å²) in [5.74, 6) is 1.39. The molecular weight excluding hydrogens is 408 g/mol. The molecule has 0 aliphatic carbocycles. The second-order valence-electron chi connectivity index (χ2n) is 11.8. The monoisotopic (exact) mass is 454 g/mol. The highest BCUT2D eigenvalue weighted by Crippen LogP contribution is 2.39. The minimum atomic E-state index is -0.0260. The summed E-state index contributed by atoms with van der Waals surface area (Å²) < 4.78 is 6.02. The van der Waals surface area contributed by atoms with Crippen LogP contribution in [0.25, 0.3) is 0 Å². The topological polar surface area (TPSA) is 35.9 Å². The lowest BCUT2D eigenvalue weighted by molar-refractivity contribution is 0.220. The molecule has 0 unspecified atom stereocenters. The van der Waals surface area contributed by atoms with Crippen LogP contribution in [0.2, 0.25) is 0 Å². The summed E-state index contributed by atoms with van der Waals surface area (Å²) in [4.78, 5) is 4.63. The Labute approximate surface area is 202 Å². The average Bonchev–Trinajstić information content (AvgIpc) is 2.67. The Hall–Kier alpha value is -2.04. The highest BCUT2D eigenvalue weighted by atomic mass is 16.5. The fraction of sp³-hybridized carbons (Fsp3) is 0.586. The number of nitrogens with zero attached hydrogens (tertiary/aromatic N) is 2. The fourth-order valence-electron chi connectivity index (χ4n) is 4.24. The largest absolute Gasteiger partial charge is 0.507 e. The second kappa shape index (κ2) is 10.5. The lowest BCUT2D eigenvalue weighted by Gasteiger charge is -2.31. The maximum Gasteiger partial charge on any atom is 0.127 e. The molecule has 184 valence electrons. The first-order valence-electron chi connectivity index (χ1n) is 12.0. The number of benzene rings is 2. The van der Waals surface area contributed by atoms with Crippen LogP contribution in [0, 0.1) is 13.8 Å². The first-order valence-corrected chi connectivity index (χ1v) is 12.0. The van der Waals surface area contributed by atoms with Crippen molar-refractivity contribution in [3.05, 3.63) is 57.6 Å². The van der Waals surface area contributed by atoms with Gasteiger partial charge in [-0.05, 0) is 49.9 Å². The quantitative estimate of drug-likeness (QED) is 0.517. The van der Waals surface area contributed by atoms with Crippen molar-refractivity contribution in [1.82, 2.24) is 9.80 Å². The number of phenols is 1. The van der Waals surface area contributed by atoms with Crippen molar-refractivity contribution in [3.63, 3.8) is 0 Å². The van der Waals surface area contributed by atoms with Crippen LogP contribution in [0.3, 0.4) is 0 Å². The standard InChI is InChI=1S/C29H46N2O2/c1-20-14-21(2)26(32)22(15-20)18-31(13-12-30(9)10)19-23-16-24(28(3,4)5)17-25(27(23)33-11)29(6,7)8/h14-17,32H,12-13,18-19H2,1-11H3. The van der Waals surface area contributed by atoms with E-state index in [1.807, 2.05) is 13.0 Å². The van der Waals surface area contributed by atoms with E-state index in [9.17, 15) is 5.11 Å². The molecule has 0 aliphatic heterocycles. The van der Waals surface area contributed by atoms with Gasteiger partial charge >= 0.3 is 0 Å². The van der Waals surface area contributed by atoms with Crippen molar-refractivity contribution in [2.24, 2.45) is 0 Å². The molecule has 0 radical (unpaired) electrons. The van der Waals surface area contributed by atoms with Gasteiger partial charge < -0.3 is 14.7 Å². The summed E-state index contributed by atoms with van der Waals surface area (Å²) in [6.07, 6.45) is 0. The van der Waals surface area contributed by atoms with Crippen LogP contribution in [0.5, 0.6) is 11.5 Å². The lowest BCUT2D eigenvalue weighted by atomic mass is 9.79. The van der Waals surface area contributed by atoms with E-state index >= 15 is 0 Å². The van der Waals surface area contributed by atoms with Gasteiger partial charge in [-0.2, -0.15) is 0 Å². The Morgan fingerprint density at radius 2 is 1.42 bits per heavy atom. The van der Waals surface area contributed by atoms with Crippen LogP contribution in [0.1, 0.15) is 74.9 Å². The van der Waals surface area contributed by atoms with Crippen molar-refractivity contribution in [2.45, 2.75) is 79.3 Å². The highest BCUT2D eigenvalue weighted by molar-refractivity contribution is 5.50. The summed E-state index contributed by atoms with van der Waals surface area (Å²) in [7, 11) is 5.99. The molecule has 0 aliphatic rings. The zero-order valence-electron chi connectivity index (χ0n) is 22.9. The number of aromatic hydroxyl groups is 1. The Morgan fingerprint density at radius 3 is 1.94 bits per heavy atom. The van der Waals surface area contributed by atoms with E-state index in [0.29, 0.717) is 12.3 Å². The predicted molar refractivity (Wildman–Crippen MR) is 141 cm³/mol. The number of methoxy groups -OCH3 is 1. The Morgan fingerprint density at radius 1 is 0.818 bits per heavy atom. The molecule has 0 spiro atoms. The number of hydrogen-bond acceptors (Lipinski definition) is 4. The van der Waals surface area contributed by atoms with Crippen molar-refractivity contribution in [3.8, 4) is 11.5 Å².